The van der Waals surface area contributed by atoms with Crippen LogP contribution in [0.4, 0.5) is 0 Å². The number of furan rings is 1. The number of nitrogens with one attached hydrogen (secondary N) is 2. The van der Waals surface area contributed by atoms with Crippen molar-refractivity contribution in [2.45, 2.75) is 33.6 Å². The van der Waals surface area contributed by atoms with E-state index in [9.17, 15) is 18.0 Å². The third kappa shape index (κ3) is 7.08. The summed E-state index contributed by atoms with van der Waals surface area (Å²) < 4.78 is 36.6. The Morgan fingerprint density at radius 2 is 1.77 bits per heavy atom. The molecule has 4 aromatic rings. The summed E-state index contributed by atoms with van der Waals surface area (Å²) in [5.41, 5.74) is 3.78. The molecule has 212 valence electrons. The Balaban J connectivity index is 1.42. The van der Waals surface area contributed by atoms with Gasteiger partial charge in [0.15, 0.2) is 15.6 Å². The molecule has 0 aliphatic carbocycles. The molecule has 2 N–H and O–H groups in total. The van der Waals surface area contributed by atoms with Gasteiger partial charge in [0, 0.05) is 27.5 Å². The van der Waals surface area contributed by atoms with Gasteiger partial charge in [-0.2, -0.15) is 0 Å². The Morgan fingerprint density at radius 3 is 2.45 bits per heavy atom. The average Bonchev–Trinajstić information content (AvgIpc) is 3.47. The summed E-state index contributed by atoms with van der Waals surface area (Å²) in [6.45, 7) is 5.73. The number of ketones is 1. The lowest BCUT2D eigenvalue weighted by Crippen LogP contribution is -2.31. The highest BCUT2D eigenvalue weighted by Gasteiger charge is 2.24. The maximum absolute atomic E-state index is 13.2. The van der Waals surface area contributed by atoms with Gasteiger partial charge in [0.25, 0.3) is 5.91 Å². The lowest BCUT2D eigenvalue weighted by molar-refractivity contribution is 0.0954. The molecule has 1 amide bonds. The van der Waals surface area contributed by atoms with Crippen LogP contribution in [-0.4, -0.2) is 49.7 Å². The van der Waals surface area contributed by atoms with E-state index in [2.05, 4.69) is 10.3 Å². The number of rotatable bonds is 12. The number of aromatic amines is 1. The van der Waals surface area contributed by atoms with E-state index in [0.717, 1.165) is 16.5 Å². The number of hydrogen-bond acceptors (Lipinski definition) is 6. The fraction of sp³-hybridized carbons (Fsp3) is 0.310. The lowest BCUT2D eigenvalue weighted by atomic mass is 10.0. The summed E-state index contributed by atoms with van der Waals surface area (Å²) in [4.78, 5) is 28.5. The molecule has 8 nitrogen and oxygen atoms in total. The summed E-state index contributed by atoms with van der Waals surface area (Å²) in [6, 6.07) is 10.5. The van der Waals surface area contributed by atoms with Crippen LogP contribution in [0, 0.1) is 20.8 Å². The van der Waals surface area contributed by atoms with Crippen LogP contribution in [0.25, 0.3) is 10.9 Å². The highest BCUT2D eigenvalue weighted by molar-refractivity contribution is 7.92. The molecule has 0 atom stereocenters. The third-order valence-corrected chi connectivity index (χ3v) is 8.91. The number of hydrogen-bond donors (Lipinski definition) is 2. The van der Waals surface area contributed by atoms with Crippen molar-refractivity contribution in [3.05, 3.63) is 86.4 Å². The molecular formula is C29H30Cl2N2O6S. The predicted molar refractivity (Wildman–Crippen MR) is 157 cm³/mol. The van der Waals surface area contributed by atoms with E-state index in [1.54, 1.807) is 19.1 Å². The number of amides is 1. The topological polar surface area (TPSA) is 118 Å². The van der Waals surface area contributed by atoms with Gasteiger partial charge in [0.2, 0.25) is 0 Å². The zero-order valence-corrected chi connectivity index (χ0v) is 24.7. The largest absolute Gasteiger partial charge is 0.494 e. The maximum Gasteiger partial charge on any atom is 0.254 e. The van der Waals surface area contributed by atoms with E-state index >= 15 is 0 Å². The zero-order chi connectivity index (χ0) is 29.0. The van der Waals surface area contributed by atoms with Crippen LogP contribution in [-0.2, 0) is 16.3 Å². The Labute approximate surface area is 242 Å². The van der Waals surface area contributed by atoms with Gasteiger partial charge in [0.05, 0.1) is 29.9 Å². The van der Waals surface area contributed by atoms with Gasteiger partial charge >= 0.3 is 0 Å². The Bertz CT molecular complexity index is 1650. The van der Waals surface area contributed by atoms with Gasteiger partial charge < -0.3 is 19.5 Å². The van der Waals surface area contributed by atoms with Crippen molar-refractivity contribution < 1.29 is 27.2 Å². The summed E-state index contributed by atoms with van der Waals surface area (Å²) in [7, 11) is -3.81. The third-order valence-electron chi connectivity index (χ3n) is 6.55. The number of Topliss-reactive ketones (excluding diaryl/α,β-unsaturated/α-hetero) is 1. The summed E-state index contributed by atoms with van der Waals surface area (Å²) in [5.74, 6) is -0.913. The fourth-order valence-corrected chi connectivity index (χ4v) is 5.92. The number of aromatic nitrogens is 1. The SMILES string of the molecule is Cc1cc(OCCCc2c(C(=O)CS(=O)(=O)CCNC(=O)c3ccoc3C)[nH]c3cc(Cl)ccc23)cc(C)c1Cl. The highest BCUT2D eigenvalue weighted by Crippen LogP contribution is 2.28. The minimum absolute atomic E-state index is 0.130. The first kappa shape index (κ1) is 29.7. The standard InChI is InChI=1S/C29H30Cl2N2O6S/c1-17-13-21(14-18(2)27(17)31)39-10-4-5-24-23-7-6-20(30)15-25(23)33-28(24)26(34)16-40(36,37)12-9-32-29(35)22-8-11-38-19(22)3/h6-8,11,13-15,33H,4-5,9-10,12,16H2,1-3H3,(H,32,35). The summed E-state index contributed by atoms with van der Waals surface area (Å²) in [6.07, 6.45) is 2.45. The first-order chi connectivity index (χ1) is 18.9. The second-order valence-corrected chi connectivity index (χ2v) is 12.7. The molecule has 0 saturated heterocycles. The van der Waals surface area contributed by atoms with Crippen LogP contribution in [0.1, 0.15) is 49.7 Å². The van der Waals surface area contributed by atoms with Crippen LogP contribution in [0.5, 0.6) is 5.75 Å². The van der Waals surface area contributed by atoms with Gasteiger partial charge in [-0.15, -0.1) is 0 Å². The Hall–Kier alpha value is -3.27. The van der Waals surface area contributed by atoms with Crippen LogP contribution in [0.2, 0.25) is 10.0 Å². The smallest absolute Gasteiger partial charge is 0.254 e. The monoisotopic (exact) mass is 604 g/mol. The van der Waals surface area contributed by atoms with Crippen molar-refractivity contribution in [3.63, 3.8) is 0 Å². The Kier molecular flexibility index (Phi) is 9.28. The molecule has 11 heteroatoms. The van der Waals surface area contributed by atoms with E-state index in [4.69, 9.17) is 32.4 Å². The van der Waals surface area contributed by atoms with Gasteiger partial charge in [-0.3, -0.25) is 9.59 Å². The number of aryl methyl sites for hydroxylation is 4. The van der Waals surface area contributed by atoms with Crippen LogP contribution in [0.3, 0.4) is 0 Å². The maximum atomic E-state index is 13.2. The number of ether oxygens (including phenoxy) is 1. The van der Waals surface area contributed by atoms with E-state index in [1.807, 2.05) is 32.0 Å². The van der Waals surface area contributed by atoms with Crippen molar-refractivity contribution in [3.8, 4) is 5.75 Å². The molecule has 0 aliphatic rings. The number of sulfone groups is 1. The molecule has 0 spiro atoms. The van der Waals surface area contributed by atoms with Gasteiger partial charge in [0.1, 0.15) is 17.3 Å². The molecule has 0 radical (unpaired) electrons. The first-order valence-electron chi connectivity index (χ1n) is 12.7. The number of benzene rings is 2. The number of fused-ring (bicyclic) bond motifs is 1. The van der Waals surface area contributed by atoms with Crippen molar-refractivity contribution in [1.29, 1.82) is 0 Å². The number of H-pyrrole nitrogens is 1. The van der Waals surface area contributed by atoms with Gasteiger partial charge in [-0.05, 0) is 80.6 Å². The molecule has 0 saturated carbocycles. The minimum Gasteiger partial charge on any atom is -0.494 e. The number of carbonyl (C=O) groups is 2. The van der Waals surface area contributed by atoms with Gasteiger partial charge in [-0.1, -0.05) is 29.3 Å². The van der Waals surface area contributed by atoms with Crippen molar-refractivity contribution in [2.24, 2.45) is 0 Å². The van der Waals surface area contributed by atoms with Crippen LogP contribution < -0.4 is 10.1 Å². The number of carbonyl (C=O) groups excluding carboxylic acids is 2. The molecule has 2 aromatic heterocycles. The van der Waals surface area contributed by atoms with E-state index < -0.39 is 27.3 Å². The number of halogens is 2. The molecule has 2 aromatic carbocycles. The minimum atomic E-state index is -3.81. The molecule has 0 unspecified atom stereocenters. The molecular weight excluding hydrogens is 575 g/mol. The summed E-state index contributed by atoms with van der Waals surface area (Å²) in [5, 5.41) is 4.56. The van der Waals surface area contributed by atoms with E-state index in [0.29, 0.717) is 57.6 Å². The molecule has 0 aliphatic heterocycles. The second kappa shape index (κ2) is 12.5. The molecule has 0 fully saturated rings. The lowest BCUT2D eigenvalue weighted by Gasteiger charge is -2.10. The van der Waals surface area contributed by atoms with E-state index in [-0.39, 0.29) is 18.0 Å². The van der Waals surface area contributed by atoms with Crippen molar-refractivity contribution in [1.82, 2.24) is 10.3 Å². The zero-order valence-electron chi connectivity index (χ0n) is 22.4. The quantitative estimate of drug-likeness (QED) is 0.150. The molecule has 4 rings (SSSR count). The van der Waals surface area contributed by atoms with E-state index in [1.165, 1.54) is 12.3 Å². The van der Waals surface area contributed by atoms with Crippen LogP contribution >= 0.6 is 23.2 Å². The fourth-order valence-electron chi connectivity index (χ4n) is 4.53. The van der Waals surface area contributed by atoms with Crippen LogP contribution in [0.15, 0.2) is 47.1 Å². The Morgan fingerprint density at radius 1 is 1.05 bits per heavy atom. The average molecular weight is 606 g/mol. The van der Waals surface area contributed by atoms with Crippen molar-refractivity contribution >= 4 is 55.6 Å². The highest BCUT2D eigenvalue weighted by atomic mass is 35.5. The molecule has 40 heavy (non-hydrogen) atoms. The van der Waals surface area contributed by atoms with Crippen molar-refractivity contribution in [2.75, 3.05) is 24.7 Å². The first-order valence-corrected chi connectivity index (χ1v) is 15.3. The van der Waals surface area contributed by atoms with Gasteiger partial charge in [-0.25, -0.2) is 8.42 Å². The summed E-state index contributed by atoms with van der Waals surface area (Å²) >= 11 is 12.4. The second-order valence-electron chi connectivity index (χ2n) is 9.65. The predicted octanol–water partition coefficient (Wildman–Crippen LogP) is 6.03. The molecule has 0 bridgehead atoms. The molecule has 2 heterocycles. The normalized spacial score (nSPS) is 11.6.